The van der Waals surface area contributed by atoms with Crippen molar-refractivity contribution in [2.75, 3.05) is 6.54 Å². The van der Waals surface area contributed by atoms with Gasteiger partial charge in [0.15, 0.2) is 0 Å². The van der Waals surface area contributed by atoms with Crippen LogP contribution in [-0.4, -0.2) is 23.5 Å². The largest absolute Gasteiger partial charge is 0.478 e. The van der Waals surface area contributed by atoms with Crippen LogP contribution in [0.25, 0.3) is 11.1 Å². The van der Waals surface area contributed by atoms with E-state index in [9.17, 15) is 22.8 Å². The van der Waals surface area contributed by atoms with Gasteiger partial charge in [0, 0.05) is 12.5 Å². The number of nitrogens with one attached hydrogen (secondary N) is 1. The quantitative estimate of drug-likeness (QED) is 0.605. The molecule has 2 N–H and O–H groups in total. The van der Waals surface area contributed by atoms with Crippen LogP contribution in [0.2, 0.25) is 0 Å². The van der Waals surface area contributed by atoms with E-state index in [4.69, 9.17) is 5.11 Å². The van der Waals surface area contributed by atoms with Crippen molar-refractivity contribution in [3.63, 3.8) is 0 Å². The van der Waals surface area contributed by atoms with Crippen LogP contribution >= 0.6 is 0 Å². The molecule has 170 valence electrons. The number of carboxylic acids is 1. The van der Waals surface area contributed by atoms with Gasteiger partial charge in [-0.25, -0.2) is 4.79 Å². The van der Waals surface area contributed by atoms with Gasteiger partial charge in [-0.1, -0.05) is 43.5 Å². The molecule has 0 spiro atoms. The molecule has 4 rings (SSSR count). The second kappa shape index (κ2) is 8.96. The summed E-state index contributed by atoms with van der Waals surface area (Å²) in [4.78, 5) is 23.6. The van der Waals surface area contributed by atoms with Crippen molar-refractivity contribution in [1.29, 1.82) is 0 Å². The van der Waals surface area contributed by atoms with E-state index >= 15 is 0 Å². The molecule has 1 heterocycles. The van der Waals surface area contributed by atoms with Gasteiger partial charge in [0.2, 0.25) is 5.91 Å². The molecule has 1 saturated heterocycles. The Morgan fingerprint density at radius 3 is 2.19 bits per heavy atom. The van der Waals surface area contributed by atoms with Gasteiger partial charge in [0.05, 0.1) is 11.1 Å². The van der Waals surface area contributed by atoms with Crippen LogP contribution in [0.5, 0.6) is 0 Å². The Bertz CT molecular complexity index is 994. The van der Waals surface area contributed by atoms with Gasteiger partial charge in [-0.3, -0.25) is 4.79 Å². The molecule has 2 aromatic carbocycles. The standard InChI is InChI=1S/C25H26F3NO3/c26-25(27,28)21-14-18(15-6-8-17(9-7-15)24(31)32)10-11-19(21)22(16-4-2-1-3-5-16)20-12-13-29-23(20)30/h6-11,14,16,20,22H,1-5,12-13H2,(H,29,30)(H,31,32). The van der Waals surface area contributed by atoms with Crippen molar-refractivity contribution in [2.24, 2.45) is 11.8 Å². The zero-order chi connectivity index (χ0) is 22.9. The monoisotopic (exact) mass is 445 g/mol. The predicted octanol–water partition coefficient (Wildman–Crippen LogP) is 5.87. The van der Waals surface area contributed by atoms with E-state index < -0.39 is 29.5 Å². The molecule has 0 aromatic heterocycles. The van der Waals surface area contributed by atoms with Crippen LogP contribution in [-0.2, 0) is 11.0 Å². The smallest absolute Gasteiger partial charge is 0.416 e. The summed E-state index contributed by atoms with van der Waals surface area (Å²) in [5.41, 5.74) is 0.465. The zero-order valence-corrected chi connectivity index (χ0v) is 17.6. The van der Waals surface area contributed by atoms with Crippen LogP contribution in [0.1, 0.15) is 65.9 Å². The van der Waals surface area contributed by atoms with Crippen molar-refractivity contribution in [3.8, 4) is 11.1 Å². The summed E-state index contributed by atoms with van der Waals surface area (Å²) in [6, 6.07) is 10.1. The van der Waals surface area contributed by atoms with Gasteiger partial charge in [0.25, 0.3) is 0 Å². The van der Waals surface area contributed by atoms with Crippen molar-refractivity contribution in [3.05, 3.63) is 59.2 Å². The molecule has 2 fully saturated rings. The maximum Gasteiger partial charge on any atom is 0.416 e. The fourth-order valence-corrected chi connectivity index (χ4v) is 5.33. The van der Waals surface area contributed by atoms with E-state index in [1.54, 1.807) is 6.07 Å². The van der Waals surface area contributed by atoms with Crippen LogP contribution in [0.15, 0.2) is 42.5 Å². The third-order valence-electron chi connectivity index (χ3n) is 6.87. The summed E-state index contributed by atoms with van der Waals surface area (Å²) < 4.78 is 42.7. The number of carbonyl (C=O) groups is 2. The van der Waals surface area contributed by atoms with Crippen LogP contribution in [0, 0.1) is 11.8 Å². The van der Waals surface area contributed by atoms with Gasteiger partial charge in [-0.05, 0) is 66.0 Å². The van der Waals surface area contributed by atoms with Gasteiger partial charge < -0.3 is 10.4 Å². The minimum absolute atomic E-state index is 0.0550. The van der Waals surface area contributed by atoms with Gasteiger partial charge in [-0.2, -0.15) is 13.2 Å². The number of carbonyl (C=O) groups excluding carboxylic acids is 1. The number of amides is 1. The first-order valence-electron chi connectivity index (χ1n) is 11.1. The maximum absolute atomic E-state index is 14.2. The molecule has 1 saturated carbocycles. The van der Waals surface area contributed by atoms with Crippen LogP contribution in [0.4, 0.5) is 13.2 Å². The third kappa shape index (κ3) is 4.52. The van der Waals surface area contributed by atoms with E-state index in [1.807, 2.05) is 0 Å². The van der Waals surface area contributed by atoms with E-state index in [1.165, 1.54) is 30.3 Å². The van der Waals surface area contributed by atoms with Crippen LogP contribution in [0.3, 0.4) is 0 Å². The Labute approximate surface area is 184 Å². The second-order valence-corrected chi connectivity index (χ2v) is 8.79. The number of hydrogen-bond acceptors (Lipinski definition) is 2. The summed E-state index contributed by atoms with van der Waals surface area (Å²) in [6.07, 6.45) is 0.700. The molecule has 1 amide bonds. The molecule has 1 aliphatic carbocycles. The lowest BCUT2D eigenvalue weighted by molar-refractivity contribution is -0.139. The van der Waals surface area contributed by atoms with Gasteiger partial charge >= 0.3 is 12.1 Å². The minimum Gasteiger partial charge on any atom is -0.478 e. The fraction of sp³-hybridized carbons (Fsp3) is 0.440. The number of alkyl halides is 3. The SMILES string of the molecule is O=C(O)c1ccc(-c2ccc(C(C3CCCCC3)C3CCNC3=O)c(C(F)(F)F)c2)cc1. The van der Waals surface area contributed by atoms with Crippen molar-refractivity contribution >= 4 is 11.9 Å². The lowest BCUT2D eigenvalue weighted by Crippen LogP contribution is -2.31. The van der Waals surface area contributed by atoms with Crippen molar-refractivity contribution in [1.82, 2.24) is 5.32 Å². The second-order valence-electron chi connectivity index (χ2n) is 8.79. The van der Waals surface area contributed by atoms with E-state index in [0.29, 0.717) is 24.1 Å². The summed E-state index contributed by atoms with van der Waals surface area (Å²) in [6.45, 7) is 0.502. The molecule has 2 aliphatic rings. The van der Waals surface area contributed by atoms with E-state index in [0.717, 1.165) is 38.2 Å². The van der Waals surface area contributed by atoms with E-state index in [2.05, 4.69) is 5.32 Å². The summed E-state index contributed by atoms with van der Waals surface area (Å²) >= 11 is 0. The number of aromatic carboxylic acids is 1. The Balaban J connectivity index is 1.78. The third-order valence-corrected chi connectivity index (χ3v) is 6.87. The topological polar surface area (TPSA) is 66.4 Å². The minimum atomic E-state index is -4.56. The fourth-order valence-electron chi connectivity index (χ4n) is 5.33. The molecule has 2 atom stereocenters. The van der Waals surface area contributed by atoms with E-state index in [-0.39, 0.29) is 23.0 Å². The van der Waals surface area contributed by atoms with Gasteiger partial charge in [0.1, 0.15) is 0 Å². The Hall–Kier alpha value is -2.83. The summed E-state index contributed by atoms with van der Waals surface area (Å²) in [7, 11) is 0. The molecule has 4 nitrogen and oxygen atoms in total. The number of halogens is 3. The molecule has 32 heavy (non-hydrogen) atoms. The highest BCUT2D eigenvalue weighted by Crippen LogP contribution is 2.47. The molecule has 7 heteroatoms. The van der Waals surface area contributed by atoms with Crippen LogP contribution < -0.4 is 5.32 Å². The molecule has 2 unspecified atom stereocenters. The Kier molecular flexibility index (Phi) is 6.26. The molecule has 0 radical (unpaired) electrons. The van der Waals surface area contributed by atoms with Crippen molar-refractivity contribution < 1.29 is 27.9 Å². The maximum atomic E-state index is 14.2. The Morgan fingerprint density at radius 1 is 0.969 bits per heavy atom. The molecular weight excluding hydrogens is 419 g/mol. The number of carboxylic acid groups (broad SMARTS) is 1. The summed E-state index contributed by atoms with van der Waals surface area (Å²) in [5, 5.41) is 11.9. The van der Waals surface area contributed by atoms with Gasteiger partial charge in [-0.15, -0.1) is 0 Å². The highest BCUT2D eigenvalue weighted by Gasteiger charge is 2.43. The number of benzene rings is 2. The number of hydrogen-bond donors (Lipinski definition) is 2. The van der Waals surface area contributed by atoms with Crippen molar-refractivity contribution in [2.45, 2.75) is 50.6 Å². The lowest BCUT2D eigenvalue weighted by atomic mass is 9.69. The predicted molar refractivity (Wildman–Crippen MR) is 114 cm³/mol. The summed E-state index contributed by atoms with van der Waals surface area (Å²) in [5.74, 6) is -2.09. The molecule has 2 aromatic rings. The lowest BCUT2D eigenvalue weighted by Gasteiger charge is -2.35. The first-order valence-corrected chi connectivity index (χ1v) is 11.1. The zero-order valence-electron chi connectivity index (χ0n) is 17.6. The molecule has 1 aliphatic heterocycles. The highest BCUT2D eigenvalue weighted by atomic mass is 19.4. The highest BCUT2D eigenvalue weighted by molar-refractivity contribution is 5.88. The average Bonchev–Trinajstić information content (AvgIpc) is 3.20. The molecule has 0 bridgehead atoms. The number of rotatable bonds is 5. The Morgan fingerprint density at radius 2 is 1.62 bits per heavy atom. The average molecular weight is 445 g/mol. The normalized spacial score (nSPS) is 20.7. The first-order chi connectivity index (χ1) is 15.3. The first kappa shape index (κ1) is 22.4. The molecular formula is C25H26F3NO3.